The van der Waals surface area contributed by atoms with Crippen LogP contribution in [0.15, 0.2) is 78.9 Å². The van der Waals surface area contributed by atoms with Gasteiger partial charge in [0.25, 0.3) is 0 Å². The molecular formula is C34H41ClN2O2. The molecule has 0 unspecified atom stereocenters. The Morgan fingerprint density at radius 2 is 1.54 bits per heavy atom. The van der Waals surface area contributed by atoms with Gasteiger partial charge in [0.05, 0.1) is 0 Å². The van der Waals surface area contributed by atoms with Crippen molar-refractivity contribution in [3.63, 3.8) is 0 Å². The molecule has 1 N–H and O–H groups in total. The molecule has 0 spiro atoms. The zero-order valence-electron chi connectivity index (χ0n) is 23.5. The van der Waals surface area contributed by atoms with Crippen molar-refractivity contribution in [3.05, 3.63) is 106 Å². The molecule has 1 saturated carbocycles. The van der Waals surface area contributed by atoms with E-state index in [-0.39, 0.29) is 29.8 Å². The van der Waals surface area contributed by atoms with Crippen molar-refractivity contribution in [2.75, 3.05) is 0 Å². The highest BCUT2D eigenvalue weighted by Crippen LogP contribution is 2.25. The average Bonchev–Trinajstić information content (AvgIpc) is 3.43. The Morgan fingerprint density at radius 1 is 0.897 bits per heavy atom. The van der Waals surface area contributed by atoms with Crippen molar-refractivity contribution in [3.8, 4) is 0 Å². The van der Waals surface area contributed by atoms with Crippen molar-refractivity contribution in [1.82, 2.24) is 10.2 Å². The molecule has 206 valence electrons. The molecule has 0 saturated heterocycles. The molecule has 0 aliphatic heterocycles. The first kappa shape index (κ1) is 28.9. The second-order valence-corrected chi connectivity index (χ2v) is 12.2. The van der Waals surface area contributed by atoms with Gasteiger partial charge in [-0.05, 0) is 53.0 Å². The molecule has 39 heavy (non-hydrogen) atoms. The van der Waals surface area contributed by atoms with Crippen LogP contribution in [0, 0.1) is 0 Å². The molecule has 1 aliphatic rings. The summed E-state index contributed by atoms with van der Waals surface area (Å²) in [4.78, 5) is 29.5. The van der Waals surface area contributed by atoms with E-state index < -0.39 is 6.04 Å². The zero-order chi connectivity index (χ0) is 27.8. The number of halogens is 1. The van der Waals surface area contributed by atoms with Crippen LogP contribution in [0.25, 0.3) is 0 Å². The van der Waals surface area contributed by atoms with E-state index in [0.717, 1.165) is 42.4 Å². The van der Waals surface area contributed by atoms with E-state index in [1.165, 1.54) is 5.56 Å². The number of hydrogen-bond acceptors (Lipinski definition) is 2. The van der Waals surface area contributed by atoms with Crippen molar-refractivity contribution < 1.29 is 9.59 Å². The molecule has 0 bridgehead atoms. The Morgan fingerprint density at radius 3 is 2.18 bits per heavy atom. The van der Waals surface area contributed by atoms with E-state index in [1.54, 1.807) is 4.90 Å². The lowest BCUT2D eigenvalue weighted by Crippen LogP contribution is -2.52. The van der Waals surface area contributed by atoms with Gasteiger partial charge in [-0.25, -0.2) is 0 Å². The highest BCUT2D eigenvalue weighted by molar-refractivity contribution is 6.31. The summed E-state index contributed by atoms with van der Waals surface area (Å²) in [5.41, 5.74) is 4.33. The second kappa shape index (κ2) is 13.3. The summed E-state index contributed by atoms with van der Waals surface area (Å²) < 4.78 is 0. The van der Waals surface area contributed by atoms with E-state index in [0.29, 0.717) is 24.3 Å². The van der Waals surface area contributed by atoms with Crippen LogP contribution in [0.2, 0.25) is 5.02 Å². The summed E-state index contributed by atoms with van der Waals surface area (Å²) in [6.07, 6.45) is 5.64. The van der Waals surface area contributed by atoms with Crippen molar-refractivity contribution >= 4 is 23.4 Å². The number of amides is 2. The highest BCUT2D eigenvalue weighted by atomic mass is 35.5. The quantitative estimate of drug-likeness (QED) is 0.292. The third kappa shape index (κ3) is 8.19. The SMILES string of the molecule is CC(C)(C)c1ccc(CCC(=O)N(Cc2ccccc2Cl)[C@H](Cc2ccccc2)C(=O)NC2CCCC2)cc1. The van der Waals surface area contributed by atoms with Gasteiger partial charge in [-0.3, -0.25) is 9.59 Å². The molecule has 1 atom stereocenters. The fourth-order valence-corrected chi connectivity index (χ4v) is 5.49. The smallest absolute Gasteiger partial charge is 0.243 e. The van der Waals surface area contributed by atoms with E-state index in [1.807, 2.05) is 54.6 Å². The number of nitrogens with zero attached hydrogens (tertiary/aromatic N) is 1. The molecule has 0 heterocycles. The van der Waals surface area contributed by atoms with Crippen molar-refractivity contribution in [1.29, 1.82) is 0 Å². The third-order valence-corrected chi connectivity index (χ3v) is 8.09. The molecule has 4 nitrogen and oxygen atoms in total. The minimum Gasteiger partial charge on any atom is -0.352 e. The summed E-state index contributed by atoms with van der Waals surface area (Å²) in [6.45, 7) is 6.88. The van der Waals surface area contributed by atoms with Crippen molar-refractivity contribution in [2.45, 2.75) is 89.8 Å². The normalized spacial score (nSPS) is 14.7. The number of nitrogens with one attached hydrogen (secondary N) is 1. The first-order valence-electron chi connectivity index (χ1n) is 14.2. The highest BCUT2D eigenvalue weighted by Gasteiger charge is 2.32. The topological polar surface area (TPSA) is 49.4 Å². The van der Waals surface area contributed by atoms with Crippen LogP contribution in [0.4, 0.5) is 0 Å². The summed E-state index contributed by atoms with van der Waals surface area (Å²) in [7, 11) is 0. The van der Waals surface area contributed by atoms with Gasteiger partial charge in [-0.2, -0.15) is 0 Å². The molecule has 0 aromatic heterocycles. The van der Waals surface area contributed by atoms with E-state index in [9.17, 15) is 9.59 Å². The molecule has 2 amide bonds. The summed E-state index contributed by atoms with van der Waals surface area (Å²) in [6, 6.07) is 25.6. The minimum atomic E-state index is -0.625. The number of carbonyl (C=O) groups is 2. The second-order valence-electron chi connectivity index (χ2n) is 11.8. The predicted molar refractivity (Wildman–Crippen MR) is 160 cm³/mol. The molecular weight excluding hydrogens is 504 g/mol. The summed E-state index contributed by atoms with van der Waals surface area (Å²) >= 11 is 6.54. The Kier molecular flexibility index (Phi) is 9.85. The Hall–Kier alpha value is -3.11. The lowest BCUT2D eigenvalue weighted by molar-refractivity contribution is -0.141. The third-order valence-electron chi connectivity index (χ3n) is 7.72. The molecule has 1 aliphatic carbocycles. The Labute approximate surface area is 238 Å². The van der Waals surface area contributed by atoms with Crippen molar-refractivity contribution in [2.24, 2.45) is 0 Å². The maximum Gasteiger partial charge on any atom is 0.243 e. The summed E-state index contributed by atoms with van der Waals surface area (Å²) in [5, 5.41) is 3.86. The lowest BCUT2D eigenvalue weighted by atomic mass is 9.86. The standard InChI is InChI=1S/C34H41ClN2O2/c1-34(2,3)28-20-17-25(18-21-28)19-22-32(38)37(24-27-13-7-10-16-30(27)35)31(23-26-11-5-4-6-12-26)33(39)36-29-14-8-9-15-29/h4-7,10-13,16-18,20-21,29,31H,8-9,14-15,19,22-24H2,1-3H3,(H,36,39)/t31-/m1/s1. The monoisotopic (exact) mass is 544 g/mol. The van der Waals surface area contributed by atoms with E-state index in [2.05, 4.69) is 50.4 Å². The molecule has 3 aromatic rings. The van der Waals surface area contributed by atoms with Gasteiger partial charge >= 0.3 is 0 Å². The first-order chi connectivity index (χ1) is 18.7. The van der Waals surface area contributed by atoms with Gasteiger partial charge in [0, 0.05) is 30.5 Å². The van der Waals surface area contributed by atoms with Gasteiger partial charge in [-0.15, -0.1) is 0 Å². The van der Waals surface area contributed by atoms with Gasteiger partial charge in [0.2, 0.25) is 11.8 Å². The van der Waals surface area contributed by atoms with Gasteiger partial charge < -0.3 is 10.2 Å². The maximum absolute atomic E-state index is 13.9. The number of rotatable bonds is 10. The largest absolute Gasteiger partial charge is 0.352 e. The molecule has 5 heteroatoms. The Balaban J connectivity index is 1.59. The van der Waals surface area contributed by atoms with Gasteiger partial charge in [0.15, 0.2) is 0 Å². The zero-order valence-corrected chi connectivity index (χ0v) is 24.2. The first-order valence-corrected chi connectivity index (χ1v) is 14.5. The van der Waals surface area contributed by atoms with E-state index >= 15 is 0 Å². The van der Waals surface area contributed by atoms with Crippen LogP contribution in [0.1, 0.15) is 75.1 Å². The van der Waals surface area contributed by atoms with Crippen LogP contribution in [0.3, 0.4) is 0 Å². The molecule has 3 aromatic carbocycles. The number of hydrogen-bond donors (Lipinski definition) is 1. The fourth-order valence-electron chi connectivity index (χ4n) is 5.30. The number of carbonyl (C=O) groups excluding carboxylic acids is 2. The van der Waals surface area contributed by atoms with Crippen LogP contribution < -0.4 is 5.32 Å². The number of benzene rings is 3. The van der Waals surface area contributed by atoms with E-state index in [4.69, 9.17) is 11.6 Å². The van der Waals surface area contributed by atoms with Crippen LogP contribution in [-0.2, 0) is 34.4 Å². The maximum atomic E-state index is 13.9. The molecule has 1 fully saturated rings. The van der Waals surface area contributed by atoms with Crippen LogP contribution in [0.5, 0.6) is 0 Å². The minimum absolute atomic E-state index is 0.0441. The number of aryl methyl sites for hydroxylation is 1. The average molecular weight is 545 g/mol. The Bertz CT molecular complexity index is 1230. The fraction of sp³-hybridized carbons (Fsp3) is 0.412. The van der Waals surface area contributed by atoms with Crippen LogP contribution in [-0.4, -0.2) is 28.8 Å². The summed E-state index contributed by atoms with van der Waals surface area (Å²) in [5.74, 6) is -0.127. The molecule has 0 radical (unpaired) electrons. The van der Waals surface area contributed by atoms with Gasteiger partial charge in [-0.1, -0.05) is 118 Å². The van der Waals surface area contributed by atoms with Gasteiger partial charge in [0.1, 0.15) is 6.04 Å². The lowest BCUT2D eigenvalue weighted by Gasteiger charge is -2.32. The molecule has 4 rings (SSSR count). The van der Waals surface area contributed by atoms with Crippen LogP contribution >= 0.6 is 11.6 Å². The predicted octanol–water partition coefficient (Wildman–Crippen LogP) is 7.27.